The highest BCUT2D eigenvalue weighted by molar-refractivity contribution is 5.79. The minimum Gasteiger partial charge on any atom is -0.493 e. The van der Waals surface area contributed by atoms with E-state index in [0.29, 0.717) is 37.4 Å². The summed E-state index contributed by atoms with van der Waals surface area (Å²) >= 11 is 0. The normalized spacial score (nSPS) is 18.9. The number of piperidine rings is 1. The molecule has 2 aromatic carbocycles. The summed E-state index contributed by atoms with van der Waals surface area (Å²) in [5.74, 6) is 2.38. The number of nitrogens with zero attached hydrogens (tertiary/aromatic N) is 1. The first-order chi connectivity index (χ1) is 14.9. The van der Waals surface area contributed by atoms with Crippen molar-refractivity contribution in [1.82, 2.24) is 4.90 Å². The van der Waals surface area contributed by atoms with Gasteiger partial charge in [0.25, 0.3) is 0 Å². The Morgan fingerprint density at radius 3 is 2.19 bits per heavy atom. The fourth-order valence-corrected chi connectivity index (χ4v) is 4.40. The highest BCUT2D eigenvalue weighted by Crippen LogP contribution is 2.24. The van der Waals surface area contributed by atoms with Gasteiger partial charge in [-0.25, -0.2) is 0 Å². The minimum atomic E-state index is 0.192. The summed E-state index contributed by atoms with van der Waals surface area (Å²) in [6.45, 7) is 9.33. The van der Waals surface area contributed by atoms with Crippen LogP contribution in [0.3, 0.4) is 0 Å². The number of amides is 1. The topological polar surface area (TPSA) is 38.8 Å². The molecular weight excluding hydrogens is 386 g/mol. The van der Waals surface area contributed by atoms with E-state index in [2.05, 4.69) is 57.2 Å². The van der Waals surface area contributed by atoms with Crippen molar-refractivity contribution in [2.45, 2.75) is 40.0 Å². The molecule has 168 valence electrons. The first-order valence-corrected chi connectivity index (χ1v) is 11.5. The standard InChI is InChI=1S/C27H37NO3/c1-20(2)13-22-7-9-23(10-8-22)15-27(29)28-16-24(18-30-4)14-25(17-28)19-31-26-11-5-21(3)6-12-26/h5-12,20,24-25H,13-19H2,1-4H3. The predicted molar refractivity (Wildman–Crippen MR) is 125 cm³/mol. The van der Waals surface area contributed by atoms with Gasteiger partial charge >= 0.3 is 0 Å². The van der Waals surface area contributed by atoms with E-state index in [4.69, 9.17) is 9.47 Å². The van der Waals surface area contributed by atoms with Gasteiger partial charge in [-0.15, -0.1) is 0 Å². The van der Waals surface area contributed by atoms with Gasteiger partial charge in [-0.05, 0) is 48.9 Å². The minimum absolute atomic E-state index is 0.192. The number of aryl methyl sites for hydroxylation is 1. The highest BCUT2D eigenvalue weighted by Gasteiger charge is 2.30. The van der Waals surface area contributed by atoms with Crippen molar-refractivity contribution < 1.29 is 14.3 Å². The third-order valence-corrected chi connectivity index (χ3v) is 5.91. The summed E-state index contributed by atoms with van der Waals surface area (Å²) in [5, 5.41) is 0. The van der Waals surface area contributed by atoms with Crippen molar-refractivity contribution in [3.8, 4) is 5.75 Å². The Labute approximate surface area is 187 Å². The molecule has 2 unspecified atom stereocenters. The van der Waals surface area contributed by atoms with Crippen LogP contribution in [-0.2, 0) is 22.4 Å². The molecule has 4 nitrogen and oxygen atoms in total. The zero-order chi connectivity index (χ0) is 22.2. The molecule has 1 heterocycles. The van der Waals surface area contributed by atoms with Gasteiger partial charge in [0.05, 0.1) is 19.6 Å². The molecule has 1 aliphatic heterocycles. The molecule has 0 aliphatic carbocycles. The van der Waals surface area contributed by atoms with Crippen LogP contribution in [0.15, 0.2) is 48.5 Å². The zero-order valence-corrected chi connectivity index (χ0v) is 19.5. The Balaban J connectivity index is 1.58. The Morgan fingerprint density at radius 1 is 0.968 bits per heavy atom. The number of benzene rings is 2. The Kier molecular flexibility index (Phi) is 8.53. The molecule has 3 rings (SSSR count). The molecule has 0 aromatic heterocycles. The number of rotatable bonds is 9. The average molecular weight is 424 g/mol. The van der Waals surface area contributed by atoms with Crippen LogP contribution in [0, 0.1) is 24.7 Å². The van der Waals surface area contributed by atoms with Gasteiger partial charge in [0.2, 0.25) is 5.91 Å². The molecule has 1 aliphatic rings. The van der Waals surface area contributed by atoms with Gasteiger partial charge in [-0.2, -0.15) is 0 Å². The van der Waals surface area contributed by atoms with Crippen molar-refractivity contribution in [1.29, 1.82) is 0 Å². The second-order valence-corrected chi connectivity index (χ2v) is 9.44. The molecule has 0 N–H and O–H groups in total. The second-order valence-electron chi connectivity index (χ2n) is 9.44. The van der Waals surface area contributed by atoms with Gasteiger partial charge in [0, 0.05) is 32.0 Å². The quantitative estimate of drug-likeness (QED) is 0.574. The van der Waals surface area contributed by atoms with Crippen LogP contribution in [0.1, 0.15) is 37.0 Å². The largest absolute Gasteiger partial charge is 0.493 e. The maximum Gasteiger partial charge on any atom is 0.227 e. The summed E-state index contributed by atoms with van der Waals surface area (Å²) in [6.07, 6.45) is 2.54. The number of hydrogen-bond donors (Lipinski definition) is 0. The van der Waals surface area contributed by atoms with Gasteiger partial charge in [0.15, 0.2) is 0 Å². The van der Waals surface area contributed by atoms with Gasteiger partial charge < -0.3 is 14.4 Å². The molecule has 0 radical (unpaired) electrons. The highest BCUT2D eigenvalue weighted by atomic mass is 16.5. The summed E-state index contributed by atoms with van der Waals surface area (Å²) in [5.41, 5.74) is 3.63. The second kappa shape index (κ2) is 11.3. The predicted octanol–water partition coefficient (Wildman–Crippen LogP) is 4.93. The van der Waals surface area contributed by atoms with Crippen LogP contribution >= 0.6 is 0 Å². The van der Waals surface area contributed by atoms with E-state index in [1.54, 1.807) is 7.11 Å². The van der Waals surface area contributed by atoms with E-state index < -0.39 is 0 Å². The summed E-state index contributed by atoms with van der Waals surface area (Å²) in [7, 11) is 1.73. The molecule has 0 spiro atoms. The molecule has 0 bridgehead atoms. The average Bonchev–Trinajstić information content (AvgIpc) is 2.74. The Bertz CT molecular complexity index is 813. The molecule has 1 saturated heterocycles. The lowest BCUT2D eigenvalue weighted by atomic mass is 9.89. The van der Waals surface area contributed by atoms with E-state index >= 15 is 0 Å². The lowest BCUT2D eigenvalue weighted by Gasteiger charge is -2.37. The third-order valence-electron chi connectivity index (χ3n) is 5.91. The Hall–Kier alpha value is -2.33. The summed E-state index contributed by atoms with van der Waals surface area (Å²) in [6, 6.07) is 16.7. The summed E-state index contributed by atoms with van der Waals surface area (Å²) in [4.78, 5) is 15.1. The fourth-order valence-electron chi connectivity index (χ4n) is 4.40. The molecule has 2 atom stereocenters. The zero-order valence-electron chi connectivity index (χ0n) is 19.5. The number of hydrogen-bond acceptors (Lipinski definition) is 3. The number of methoxy groups -OCH3 is 1. The van der Waals surface area contributed by atoms with Crippen LogP contribution in [0.25, 0.3) is 0 Å². The number of carbonyl (C=O) groups excluding carboxylic acids is 1. The first-order valence-electron chi connectivity index (χ1n) is 11.5. The van der Waals surface area contributed by atoms with Crippen LogP contribution < -0.4 is 4.74 Å². The third kappa shape index (κ3) is 7.39. The maximum absolute atomic E-state index is 13.1. The molecule has 31 heavy (non-hydrogen) atoms. The molecule has 2 aromatic rings. The molecule has 0 saturated carbocycles. The van der Waals surface area contributed by atoms with Gasteiger partial charge in [0.1, 0.15) is 5.75 Å². The molecule has 1 amide bonds. The Morgan fingerprint density at radius 2 is 1.58 bits per heavy atom. The fraction of sp³-hybridized carbons (Fsp3) is 0.519. The molecular formula is C27H37NO3. The van der Waals surface area contributed by atoms with Crippen LogP contribution in [0.4, 0.5) is 0 Å². The van der Waals surface area contributed by atoms with Crippen LogP contribution in [0.5, 0.6) is 5.75 Å². The number of carbonyl (C=O) groups is 1. The first kappa shape index (κ1) is 23.3. The number of ether oxygens (including phenoxy) is 2. The smallest absolute Gasteiger partial charge is 0.227 e. The van der Waals surface area contributed by atoms with Crippen molar-refractivity contribution in [2.75, 3.05) is 33.4 Å². The van der Waals surface area contributed by atoms with E-state index in [1.807, 2.05) is 17.0 Å². The van der Waals surface area contributed by atoms with E-state index in [1.165, 1.54) is 11.1 Å². The molecule has 4 heteroatoms. The van der Waals surface area contributed by atoms with E-state index in [-0.39, 0.29) is 5.91 Å². The van der Waals surface area contributed by atoms with Crippen molar-refractivity contribution in [2.24, 2.45) is 17.8 Å². The van der Waals surface area contributed by atoms with Crippen LogP contribution in [0.2, 0.25) is 0 Å². The lowest BCUT2D eigenvalue weighted by Crippen LogP contribution is -2.47. The van der Waals surface area contributed by atoms with Crippen molar-refractivity contribution in [3.63, 3.8) is 0 Å². The summed E-state index contributed by atoms with van der Waals surface area (Å²) < 4.78 is 11.5. The van der Waals surface area contributed by atoms with Crippen molar-refractivity contribution in [3.05, 3.63) is 65.2 Å². The van der Waals surface area contributed by atoms with Gasteiger partial charge in [-0.3, -0.25) is 4.79 Å². The lowest BCUT2D eigenvalue weighted by molar-refractivity contribution is -0.134. The molecule has 1 fully saturated rings. The maximum atomic E-state index is 13.1. The van der Waals surface area contributed by atoms with E-state index in [9.17, 15) is 4.79 Å². The van der Waals surface area contributed by atoms with Crippen LogP contribution in [-0.4, -0.2) is 44.2 Å². The SMILES string of the molecule is COCC1CC(COc2ccc(C)cc2)CN(C(=O)Cc2ccc(CC(C)C)cc2)C1. The van der Waals surface area contributed by atoms with Gasteiger partial charge in [-0.1, -0.05) is 55.8 Å². The van der Waals surface area contributed by atoms with Crippen molar-refractivity contribution >= 4 is 5.91 Å². The van der Waals surface area contributed by atoms with E-state index in [0.717, 1.165) is 37.2 Å². The monoisotopic (exact) mass is 423 g/mol. The number of likely N-dealkylation sites (tertiary alicyclic amines) is 1.